The van der Waals surface area contributed by atoms with E-state index in [1.807, 2.05) is 6.92 Å². The van der Waals surface area contributed by atoms with Crippen molar-refractivity contribution in [2.75, 3.05) is 23.4 Å². The Labute approximate surface area is 232 Å². The summed E-state index contributed by atoms with van der Waals surface area (Å²) in [5, 5.41) is 13.7. The molecule has 3 rings (SSSR count). The summed E-state index contributed by atoms with van der Waals surface area (Å²) >= 11 is 0. The van der Waals surface area contributed by atoms with Crippen molar-refractivity contribution >= 4 is 40.4 Å². The Balaban J connectivity index is 2.00. The van der Waals surface area contributed by atoms with Crippen LogP contribution in [-0.4, -0.2) is 47.1 Å². The molecule has 1 unspecified atom stereocenters. The number of pyridine rings is 1. The van der Waals surface area contributed by atoms with E-state index in [1.54, 1.807) is 52.0 Å². The van der Waals surface area contributed by atoms with Gasteiger partial charge in [0, 0.05) is 22.8 Å². The molecule has 0 saturated heterocycles. The highest BCUT2D eigenvalue weighted by Crippen LogP contribution is 2.31. The van der Waals surface area contributed by atoms with E-state index >= 15 is 0 Å². The standard InChI is InChI=1S/C29H34FN3O7/c1-6-8-15-39-27(36)33(28(37)40-29(3,4)5)25-21-11-9-19(16-18(21)13-14-31-25)32-24(26(34)35)22-17-20(38-7-2)10-12-23(22)30/h9-14,16-17,24,32H,6-8,15H2,1-5H3,(H,34,35). The maximum atomic E-state index is 14.6. The van der Waals surface area contributed by atoms with Crippen molar-refractivity contribution in [2.45, 2.75) is 59.1 Å². The summed E-state index contributed by atoms with van der Waals surface area (Å²) in [6, 6.07) is 8.85. The van der Waals surface area contributed by atoms with Crippen LogP contribution in [0.4, 0.5) is 25.5 Å². The number of fused-ring (bicyclic) bond motifs is 1. The molecule has 11 heteroatoms. The first kappa shape index (κ1) is 30.1. The van der Waals surface area contributed by atoms with Gasteiger partial charge in [-0.25, -0.2) is 23.8 Å². The maximum Gasteiger partial charge on any atom is 0.425 e. The maximum absolute atomic E-state index is 14.6. The number of anilines is 2. The van der Waals surface area contributed by atoms with Gasteiger partial charge in [0.1, 0.15) is 17.2 Å². The van der Waals surface area contributed by atoms with E-state index in [1.165, 1.54) is 18.3 Å². The number of nitrogens with one attached hydrogen (secondary N) is 1. The van der Waals surface area contributed by atoms with E-state index in [2.05, 4.69) is 10.3 Å². The van der Waals surface area contributed by atoms with Crippen LogP contribution in [0.3, 0.4) is 0 Å². The van der Waals surface area contributed by atoms with Gasteiger partial charge in [0.2, 0.25) is 0 Å². The van der Waals surface area contributed by atoms with E-state index in [0.29, 0.717) is 35.2 Å². The Morgan fingerprint density at radius 1 is 1.07 bits per heavy atom. The lowest BCUT2D eigenvalue weighted by Crippen LogP contribution is -2.42. The Morgan fingerprint density at radius 3 is 2.48 bits per heavy atom. The van der Waals surface area contributed by atoms with Crippen LogP contribution < -0.4 is 15.0 Å². The van der Waals surface area contributed by atoms with E-state index < -0.39 is 35.6 Å². The number of carbonyl (C=O) groups is 3. The number of halogens is 1. The highest BCUT2D eigenvalue weighted by atomic mass is 19.1. The molecule has 0 fully saturated rings. The number of unbranched alkanes of at least 4 members (excludes halogenated alkanes) is 1. The van der Waals surface area contributed by atoms with Gasteiger partial charge in [-0.1, -0.05) is 13.3 Å². The quantitative estimate of drug-likeness (QED) is 0.263. The second-order valence-electron chi connectivity index (χ2n) is 9.89. The van der Waals surface area contributed by atoms with Crippen molar-refractivity contribution in [3.05, 3.63) is 60.0 Å². The first-order valence-corrected chi connectivity index (χ1v) is 12.9. The van der Waals surface area contributed by atoms with Crippen LogP contribution in [0.5, 0.6) is 5.75 Å². The average Bonchev–Trinajstić information content (AvgIpc) is 2.88. The van der Waals surface area contributed by atoms with Crippen LogP contribution >= 0.6 is 0 Å². The number of carbonyl (C=O) groups excluding carboxylic acids is 2. The smallest absolute Gasteiger partial charge is 0.425 e. The fourth-order valence-corrected chi connectivity index (χ4v) is 3.79. The van der Waals surface area contributed by atoms with Crippen molar-refractivity contribution in [3.63, 3.8) is 0 Å². The number of aliphatic carboxylic acids is 1. The molecule has 1 heterocycles. The number of rotatable bonds is 10. The number of benzene rings is 2. The number of aromatic nitrogens is 1. The van der Waals surface area contributed by atoms with Gasteiger partial charge < -0.3 is 24.6 Å². The van der Waals surface area contributed by atoms with Gasteiger partial charge in [-0.2, -0.15) is 4.90 Å². The van der Waals surface area contributed by atoms with Crippen LogP contribution in [0, 0.1) is 5.82 Å². The molecule has 2 N–H and O–H groups in total. The molecule has 0 bridgehead atoms. The summed E-state index contributed by atoms with van der Waals surface area (Å²) in [4.78, 5) is 43.2. The first-order valence-electron chi connectivity index (χ1n) is 12.9. The molecule has 1 atom stereocenters. The van der Waals surface area contributed by atoms with Gasteiger partial charge in [0.25, 0.3) is 0 Å². The molecule has 0 saturated carbocycles. The lowest BCUT2D eigenvalue weighted by atomic mass is 10.0. The van der Waals surface area contributed by atoms with Gasteiger partial charge in [0.15, 0.2) is 11.9 Å². The molecule has 1 aromatic heterocycles. The summed E-state index contributed by atoms with van der Waals surface area (Å²) in [7, 11) is 0. The third kappa shape index (κ3) is 7.58. The molecule has 0 radical (unpaired) electrons. The molecule has 2 amide bonds. The van der Waals surface area contributed by atoms with Crippen molar-refractivity contribution in [1.29, 1.82) is 0 Å². The molecule has 0 aliphatic heterocycles. The number of carboxylic acids is 1. The van der Waals surface area contributed by atoms with E-state index in [-0.39, 0.29) is 18.0 Å². The summed E-state index contributed by atoms with van der Waals surface area (Å²) in [5.74, 6) is -1.67. The molecule has 10 nitrogen and oxygen atoms in total. The molecular weight excluding hydrogens is 521 g/mol. The van der Waals surface area contributed by atoms with Gasteiger partial charge in [-0.05, 0) is 82.0 Å². The summed E-state index contributed by atoms with van der Waals surface area (Å²) in [6.07, 6.45) is 0.925. The van der Waals surface area contributed by atoms with Crippen molar-refractivity contribution in [2.24, 2.45) is 0 Å². The first-order chi connectivity index (χ1) is 18.9. The summed E-state index contributed by atoms with van der Waals surface area (Å²) in [6.45, 7) is 9.18. The Hall–Kier alpha value is -4.41. The third-order valence-corrected chi connectivity index (χ3v) is 5.58. The summed E-state index contributed by atoms with van der Waals surface area (Å²) < 4.78 is 30.8. The van der Waals surface area contributed by atoms with Crippen molar-refractivity contribution in [3.8, 4) is 5.75 Å². The topological polar surface area (TPSA) is 127 Å². The zero-order chi connectivity index (χ0) is 29.4. The van der Waals surface area contributed by atoms with Crippen LogP contribution in [0.1, 0.15) is 59.1 Å². The lowest BCUT2D eigenvalue weighted by Gasteiger charge is -2.26. The third-order valence-electron chi connectivity index (χ3n) is 5.58. The Morgan fingerprint density at radius 2 is 1.82 bits per heavy atom. The molecule has 3 aromatic rings. The Bertz CT molecular complexity index is 1370. The number of amides is 2. The molecule has 0 aliphatic carbocycles. The monoisotopic (exact) mass is 555 g/mol. The van der Waals surface area contributed by atoms with Gasteiger partial charge in [0.05, 0.1) is 13.2 Å². The largest absolute Gasteiger partial charge is 0.494 e. The van der Waals surface area contributed by atoms with Crippen LogP contribution in [0.25, 0.3) is 10.8 Å². The minimum Gasteiger partial charge on any atom is -0.494 e. The molecule has 0 aliphatic rings. The van der Waals surface area contributed by atoms with Crippen molar-refractivity contribution in [1.82, 2.24) is 4.98 Å². The average molecular weight is 556 g/mol. The van der Waals surface area contributed by atoms with E-state index in [4.69, 9.17) is 14.2 Å². The van der Waals surface area contributed by atoms with Crippen LogP contribution in [0.15, 0.2) is 48.7 Å². The Kier molecular flexibility index (Phi) is 9.87. The second kappa shape index (κ2) is 13.1. The highest BCUT2D eigenvalue weighted by molar-refractivity contribution is 6.14. The number of ether oxygens (including phenoxy) is 3. The highest BCUT2D eigenvalue weighted by Gasteiger charge is 2.32. The summed E-state index contributed by atoms with van der Waals surface area (Å²) in [5.41, 5.74) is -0.631. The zero-order valence-corrected chi connectivity index (χ0v) is 23.2. The fourth-order valence-electron chi connectivity index (χ4n) is 3.79. The van der Waals surface area contributed by atoms with Gasteiger partial charge in [-0.15, -0.1) is 0 Å². The number of carboxylic acid groups (broad SMARTS) is 1. The predicted octanol–water partition coefficient (Wildman–Crippen LogP) is 6.69. The van der Waals surface area contributed by atoms with Crippen LogP contribution in [-0.2, 0) is 14.3 Å². The number of nitrogens with zero attached hydrogens (tertiary/aromatic N) is 2. The van der Waals surface area contributed by atoms with Gasteiger partial charge in [-0.3, -0.25) is 0 Å². The van der Waals surface area contributed by atoms with Gasteiger partial charge >= 0.3 is 18.2 Å². The van der Waals surface area contributed by atoms with E-state index in [9.17, 15) is 23.9 Å². The molecule has 214 valence electrons. The van der Waals surface area contributed by atoms with E-state index in [0.717, 1.165) is 17.4 Å². The van der Waals surface area contributed by atoms with Crippen molar-refractivity contribution < 1.29 is 38.1 Å². The lowest BCUT2D eigenvalue weighted by molar-refractivity contribution is -0.138. The SMILES string of the molecule is CCCCOC(=O)N(C(=O)OC(C)(C)C)c1nccc2cc(NC(C(=O)O)c3cc(OCC)ccc3F)ccc12. The normalized spacial score (nSPS) is 11.9. The minimum absolute atomic E-state index is 0.00922. The number of hydrogen-bond acceptors (Lipinski definition) is 8. The molecule has 40 heavy (non-hydrogen) atoms. The molecular formula is C29H34FN3O7. The fraction of sp³-hybridized carbons (Fsp3) is 0.379. The zero-order valence-electron chi connectivity index (χ0n) is 23.2. The molecule has 0 spiro atoms. The minimum atomic E-state index is -1.43. The molecule has 2 aromatic carbocycles. The number of hydrogen-bond donors (Lipinski definition) is 2. The second-order valence-corrected chi connectivity index (χ2v) is 9.89. The number of imide groups is 1. The predicted molar refractivity (Wildman–Crippen MR) is 148 cm³/mol. The van der Waals surface area contributed by atoms with Crippen LogP contribution in [0.2, 0.25) is 0 Å².